The maximum atomic E-state index is 11.5. The molecule has 4 aromatic rings. The van der Waals surface area contributed by atoms with Crippen LogP contribution in [0, 0.1) is 0 Å². The van der Waals surface area contributed by atoms with Crippen molar-refractivity contribution in [2.24, 2.45) is 0 Å². The molecule has 0 aliphatic rings. The Morgan fingerprint density at radius 3 is 1.73 bits per heavy atom. The number of hydrogen-bond acceptors (Lipinski definition) is 3. The van der Waals surface area contributed by atoms with E-state index in [1.165, 1.54) is 5.56 Å². The quantitative estimate of drug-likeness (QED) is 0.326. The standard InChI is InChI=1S/C12H13NO.C10H11NO.2C2H6.3CH4/c1-8(2)11-7-13-12(14)10-6-4-3-5-9(10)11;1-7(2)10-8-5-3-4-6-9(8)12-11-10;2*1-2;;;/h3-8H,1-2H3,(H,13,14);3-7H,1-2H3;2*1-2H3;3*1H4. The normalized spacial score (nSPS) is 9.15. The SMILES string of the molecule is C.C.C.CC.CC.CC(C)c1c[nH]c(=O)c2ccccc12.CC(C)c1noc2ccccc12. The fraction of sp³-hybridized carbons (Fsp3) is 0.448. The van der Waals surface area contributed by atoms with Gasteiger partial charge in [0.1, 0.15) is 0 Å². The molecule has 2 aromatic carbocycles. The maximum absolute atomic E-state index is 11.5. The minimum atomic E-state index is -0.00926. The predicted octanol–water partition coefficient (Wildman–Crippen LogP) is 9.56. The van der Waals surface area contributed by atoms with Crippen LogP contribution in [0.2, 0.25) is 0 Å². The molecule has 0 bridgehead atoms. The molecule has 0 atom stereocenters. The third-order valence-corrected chi connectivity index (χ3v) is 4.42. The molecule has 4 rings (SSSR count). The van der Waals surface area contributed by atoms with Gasteiger partial charge in [0.2, 0.25) is 0 Å². The van der Waals surface area contributed by atoms with Gasteiger partial charge in [0.25, 0.3) is 5.56 Å². The highest BCUT2D eigenvalue weighted by molar-refractivity contribution is 5.84. The van der Waals surface area contributed by atoms with Gasteiger partial charge in [-0.2, -0.15) is 0 Å². The number of nitrogens with zero attached hydrogens (tertiary/aromatic N) is 1. The molecule has 0 unspecified atom stereocenters. The van der Waals surface area contributed by atoms with E-state index in [1.54, 1.807) is 0 Å². The zero-order valence-electron chi connectivity index (χ0n) is 19.6. The lowest BCUT2D eigenvalue weighted by molar-refractivity contribution is 0.441. The maximum Gasteiger partial charge on any atom is 0.255 e. The first-order valence-corrected chi connectivity index (χ1v) is 10.9. The van der Waals surface area contributed by atoms with Crippen LogP contribution in [0.25, 0.3) is 21.7 Å². The molecule has 2 heterocycles. The summed E-state index contributed by atoms with van der Waals surface area (Å²) in [6.45, 7) is 16.5. The number of hydrogen-bond donors (Lipinski definition) is 1. The largest absolute Gasteiger partial charge is 0.356 e. The number of H-pyrrole nitrogens is 1. The first-order valence-electron chi connectivity index (χ1n) is 10.9. The van der Waals surface area contributed by atoms with Crippen LogP contribution in [0.3, 0.4) is 0 Å². The van der Waals surface area contributed by atoms with Crippen LogP contribution in [-0.2, 0) is 0 Å². The van der Waals surface area contributed by atoms with Crippen molar-refractivity contribution in [2.45, 2.75) is 89.5 Å². The molecule has 4 nitrogen and oxygen atoms in total. The van der Waals surface area contributed by atoms with E-state index in [9.17, 15) is 4.79 Å². The predicted molar refractivity (Wildman–Crippen MR) is 150 cm³/mol. The minimum Gasteiger partial charge on any atom is -0.356 e. The van der Waals surface area contributed by atoms with Crippen molar-refractivity contribution in [3.05, 3.63) is 76.3 Å². The van der Waals surface area contributed by atoms with Gasteiger partial charge in [-0.05, 0) is 41.0 Å². The van der Waals surface area contributed by atoms with Crippen molar-refractivity contribution < 1.29 is 4.52 Å². The van der Waals surface area contributed by atoms with E-state index < -0.39 is 0 Å². The van der Waals surface area contributed by atoms with Crippen molar-refractivity contribution in [1.82, 2.24) is 10.1 Å². The summed E-state index contributed by atoms with van der Waals surface area (Å²) in [5.74, 6) is 0.852. The molecule has 0 aliphatic heterocycles. The molecular formula is C29H48N2O2. The molecule has 0 aliphatic carbocycles. The number of benzene rings is 2. The number of nitrogens with one attached hydrogen (secondary N) is 1. The van der Waals surface area contributed by atoms with Crippen LogP contribution in [0.5, 0.6) is 0 Å². The summed E-state index contributed by atoms with van der Waals surface area (Å²) in [6, 6.07) is 15.7. The van der Waals surface area contributed by atoms with E-state index in [4.69, 9.17) is 4.52 Å². The van der Waals surface area contributed by atoms with E-state index in [0.29, 0.717) is 11.8 Å². The van der Waals surface area contributed by atoms with E-state index in [1.807, 2.05) is 82.4 Å². The van der Waals surface area contributed by atoms with Gasteiger partial charge in [0.05, 0.1) is 5.69 Å². The van der Waals surface area contributed by atoms with Gasteiger partial charge >= 0.3 is 0 Å². The molecule has 186 valence electrons. The highest BCUT2D eigenvalue weighted by Gasteiger charge is 2.09. The Bertz CT molecular complexity index is 1080. The monoisotopic (exact) mass is 456 g/mol. The third kappa shape index (κ3) is 8.88. The second-order valence-electron chi connectivity index (χ2n) is 6.99. The average molecular weight is 457 g/mol. The summed E-state index contributed by atoms with van der Waals surface area (Å²) in [6.07, 6.45) is 1.81. The van der Waals surface area contributed by atoms with Gasteiger partial charge in [-0.1, -0.05) is 113 Å². The number of rotatable bonds is 2. The Hall–Kier alpha value is -2.88. The number of aromatic nitrogens is 2. The van der Waals surface area contributed by atoms with Crippen LogP contribution in [0.4, 0.5) is 0 Å². The van der Waals surface area contributed by atoms with Gasteiger partial charge in [-0.15, -0.1) is 0 Å². The second kappa shape index (κ2) is 17.6. The fourth-order valence-corrected chi connectivity index (χ4v) is 3.03. The number of fused-ring (bicyclic) bond motifs is 2. The molecule has 0 amide bonds. The molecule has 4 heteroatoms. The third-order valence-electron chi connectivity index (χ3n) is 4.42. The average Bonchev–Trinajstić information content (AvgIpc) is 3.22. The molecule has 0 radical (unpaired) electrons. The van der Waals surface area contributed by atoms with Crippen LogP contribution in [0.1, 0.15) is 101 Å². The van der Waals surface area contributed by atoms with E-state index >= 15 is 0 Å². The van der Waals surface area contributed by atoms with Crippen LogP contribution < -0.4 is 5.56 Å². The Kier molecular flexibility index (Phi) is 18.6. The Labute approximate surface area is 202 Å². The Balaban J connectivity index is -0.000000442. The molecule has 1 N–H and O–H groups in total. The lowest BCUT2D eigenvalue weighted by Gasteiger charge is -2.08. The lowest BCUT2D eigenvalue weighted by atomic mass is 9.99. The van der Waals surface area contributed by atoms with Gasteiger partial charge in [-0.3, -0.25) is 4.79 Å². The summed E-state index contributed by atoms with van der Waals surface area (Å²) in [5.41, 5.74) is 3.11. The van der Waals surface area contributed by atoms with Crippen LogP contribution in [0.15, 0.2) is 64.0 Å². The summed E-state index contributed by atoms with van der Waals surface area (Å²) >= 11 is 0. The zero-order valence-corrected chi connectivity index (χ0v) is 19.6. The Morgan fingerprint density at radius 1 is 0.727 bits per heavy atom. The lowest BCUT2D eigenvalue weighted by Crippen LogP contribution is -2.07. The number of pyridine rings is 1. The van der Waals surface area contributed by atoms with Crippen molar-refractivity contribution >= 4 is 21.7 Å². The zero-order chi connectivity index (χ0) is 22.7. The number of aromatic amines is 1. The highest BCUT2D eigenvalue weighted by atomic mass is 16.5. The molecule has 0 saturated carbocycles. The van der Waals surface area contributed by atoms with Crippen molar-refractivity contribution in [3.8, 4) is 0 Å². The molecule has 0 fully saturated rings. The van der Waals surface area contributed by atoms with Crippen molar-refractivity contribution in [3.63, 3.8) is 0 Å². The van der Waals surface area contributed by atoms with E-state index in [2.05, 4.69) is 37.8 Å². The first kappa shape index (κ1) is 34.7. The molecule has 2 aromatic heterocycles. The fourth-order valence-electron chi connectivity index (χ4n) is 3.03. The van der Waals surface area contributed by atoms with Crippen molar-refractivity contribution in [2.75, 3.05) is 0 Å². The summed E-state index contributed by atoms with van der Waals surface area (Å²) in [5, 5.41) is 6.99. The van der Waals surface area contributed by atoms with Gasteiger partial charge < -0.3 is 9.51 Å². The van der Waals surface area contributed by atoms with E-state index in [-0.39, 0.29) is 27.8 Å². The Morgan fingerprint density at radius 2 is 1.21 bits per heavy atom. The van der Waals surface area contributed by atoms with Crippen LogP contribution >= 0.6 is 0 Å². The summed E-state index contributed by atoms with van der Waals surface area (Å²) < 4.78 is 5.16. The second-order valence-corrected chi connectivity index (χ2v) is 6.99. The smallest absolute Gasteiger partial charge is 0.255 e. The topological polar surface area (TPSA) is 58.9 Å². The summed E-state index contributed by atoms with van der Waals surface area (Å²) in [7, 11) is 0. The van der Waals surface area contributed by atoms with Gasteiger partial charge in [-0.25, -0.2) is 0 Å². The first-order chi connectivity index (χ1) is 14.5. The summed E-state index contributed by atoms with van der Waals surface area (Å²) in [4.78, 5) is 14.3. The van der Waals surface area contributed by atoms with Gasteiger partial charge in [0.15, 0.2) is 5.58 Å². The highest BCUT2D eigenvalue weighted by Crippen LogP contribution is 2.24. The molecular weight excluding hydrogens is 408 g/mol. The van der Waals surface area contributed by atoms with Gasteiger partial charge in [0, 0.05) is 17.0 Å². The van der Waals surface area contributed by atoms with Crippen molar-refractivity contribution in [1.29, 1.82) is 0 Å². The molecule has 0 saturated heterocycles. The van der Waals surface area contributed by atoms with E-state index in [0.717, 1.165) is 27.4 Å². The van der Waals surface area contributed by atoms with Crippen LogP contribution in [-0.4, -0.2) is 10.1 Å². The molecule has 33 heavy (non-hydrogen) atoms. The molecule has 0 spiro atoms. The number of para-hydroxylation sites is 1. The minimum absolute atomic E-state index is 0.